The Morgan fingerprint density at radius 2 is 2.06 bits per heavy atom. The molecule has 4 heteroatoms. The van der Waals surface area contributed by atoms with Crippen molar-refractivity contribution in [3.05, 3.63) is 52.1 Å². The van der Waals surface area contributed by atoms with E-state index in [0.29, 0.717) is 5.69 Å². The Bertz CT molecular complexity index is 552. The largest absolute Gasteiger partial charge is 0.341 e. The van der Waals surface area contributed by atoms with Crippen molar-refractivity contribution in [2.75, 3.05) is 12.4 Å². The molecule has 0 saturated heterocycles. The molecular weight excluding hydrogens is 339 g/mol. The second-order valence-corrected chi connectivity index (χ2v) is 4.87. The van der Waals surface area contributed by atoms with Gasteiger partial charge < -0.3 is 10.6 Å². The number of amides is 2. The molecule has 0 saturated carbocycles. The number of carbonyl (C=O) groups is 1. The summed E-state index contributed by atoms with van der Waals surface area (Å²) in [6, 6.07) is 17.5. The number of carbonyl (C=O) groups excluding carboxylic acids is 1. The number of anilines is 1. The first-order valence-corrected chi connectivity index (χ1v) is 6.45. The molecule has 0 aromatic heterocycles. The molecule has 2 aromatic carbocycles. The standard InChI is InChI=1S/C14H11IN2O/c1-16-14(18)17-13-7-5-10(6-8-13)11-3-2-4-12(15)9-11/h2-5,7,9H,1H3,(H2,16,17,18). The number of urea groups is 1. The van der Waals surface area contributed by atoms with Crippen LogP contribution >= 0.6 is 22.6 Å². The van der Waals surface area contributed by atoms with Crippen LogP contribution in [0.1, 0.15) is 0 Å². The van der Waals surface area contributed by atoms with Crippen molar-refractivity contribution in [3.63, 3.8) is 0 Å². The van der Waals surface area contributed by atoms with Crippen LogP contribution < -0.4 is 10.6 Å². The Hall–Kier alpha value is -1.74. The van der Waals surface area contributed by atoms with Gasteiger partial charge >= 0.3 is 6.03 Å². The third-order valence-corrected chi connectivity index (χ3v) is 3.03. The number of benzene rings is 1. The fourth-order valence-corrected chi connectivity index (χ4v) is 2.01. The zero-order valence-electron chi connectivity index (χ0n) is 9.75. The van der Waals surface area contributed by atoms with Crippen LogP contribution in [0.5, 0.6) is 0 Å². The lowest BCUT2D eigenvalue weighted by molar-refractivity contribution is 0.254. The first kappa shape index (κ1) is 12.7. The van der Waals surface area contributed by atoms with Crippen molar-refractivity contribution in [3.8, 4) is 11.1 Å². The minimum absolute atomic E-state index is 0.262. The molecule has 90 valence electrons. The molecular formula is C14H11IN2O. The minimum Gasteiger partial charge on any atom is -0.341 e. The molecule has 0 aliphatic rings. The molecule has 0 aliphatic heterocycles. The highest BCUT2D eigenvalue weighted by atomic mass is 127. The molecule has 0 fully saturated rings. The monoisotopic (exact) mass is 350 g/mol. The highest BCUT2D eigenvalue weighted by Crippen LogP contribution is 2.20. The zero-order chi connectivity index (χ0) is 13.0. The van der Waals surface area contributed by atoms with Crippen LogP contribution in [0, 0.1) is 15.7 Å². The lowest BCUT2D eigenvalue weighted by Gasteiger charge is -2.02. The summed E-state index contributed by atoms with van der Waals surface area (Å²) < 4.78 is 1.17. The summed E-state index contributed by atoms with van der Waals surface area (Å²) in [6.07, 6.45) is 0. The summed E-state index contributed by atoms with van der Waals surface area (Å²) in [5, 5.41) is 5.13. The summed E-state index contributed by atoms with van der Waals surface area (Å²) in [7, 11) is 1.57. The van der Waals surface area contributed by atoms with E-state index in [1.165, 1.54) is 3.57 Å². The van der Waals surface area contributed by atoms with Crippen molar-refractivity contribution < 1.29 is 4.79 Å². The summed E-state index contributed by atoms with van der Waals surface area (Å²) in [6.45, 7) is 0. The molecule has 0 aliphatic carbocycles. The molecule has 2 N–H and O–H groups in total. The Balaban J connectivity index is 2.19. The quantitative estimate of drug-likeness (QED) is 0.802. The predicted octanol–water partition coefficient (Wildman–Crippen LogP) is 3.31. The molecule has 0 radical (unpaired) electrons. The van der Waals surface area contributed by atoms with Crippen LogP contribution in [0.15, 0.2) is 36.4 Å². The number of rotatable bonds is 2. The van der Waals surface area contributed by atoms with Gasteiger partial charge in [-0.15, -0.1) is 0 Å². The molecule has 0 spiro atoms. The van der Waals surface area contributed by atoms with Gasteiger partial charge in [0.2, 0.25) is 0 Å². The summed E-state index contributed by atoms with van der Waals surface area (Å²) >= 11 is 2.27. The highest BCUT2D eigenvalue weighted by Gasteiger charge is 2.00. The predicted molar refractivity (Wildman–Crippen MR) is 80.3 cm³/mol. The van der Waals surface area contributed by atoms with Crippen molar-refractivity contribution in [2.24, 2.45) is 0 Å². The Kier molecular flexibility index (Phi) is 4.05. The molecule has 2 amide bonds. The van der Waals surface area contributed by atoms with Crippen LogP contribution in [0.3, 0.4) is 0 Å². The molecule has 0 atom stereocenters. The average Bonchev–Trinajstić information content (AvgIpc) is 2.39. The Morgan fingerprint density at radius 1 is 1.22 bits per heavy atom. The van der Waals surface area contributed by atoms with E-state index in [9.17, 15) is 4.79 Å². The maximum absolute atomic E-state index is 11.1. The number of hydrogen-bond donors (Lipinski definition) is 2. The third-order valence-electron chi connectivity index (χ3n) is 2.36. The van der Waals surface area contributed by atoms with Crippen molar-refractivity contribution in [2.45, 2.75) is 0 Å². The first-order chi connectivity index (χ1) is 8.69. The molecule has 0 bridgehead atoms. The lowest BCUT2D eigenvalue weighted by Crippen LogP contribution is -2.24. The van der Waals surface area contributed by atoms with Gasteiger partial charge in [-0.05, 0) is 58.5 Å². The molecule has 2 rings (SSSR count). The maximum atomic E-state index is 11.1. The van der Waals surface area contributed by atoms with E-state index in [0.717, 1.165) is 11.1 Å². The van der Waals surface area contributed by atoms with Crippen molar-refractivity contribution in [1.82, 2.24) is 5.32 Å². The summed E-state index contributed by atoms with van der Waals surface area (Å²) in [4.78, 5) is 11.1. The summed E-state index contributed by atoms with van der Waals surface area (Å²) in [5.74, 6) is 0. The smallest absolute Gasteiger partial charge is 0.319 e. The first-order valence-electron chi connectivity index (χ1n) is 5.38. The highest BCUT2D eigenvalue weighted by molar-refractivity contribution is 14.1. The van der Waals surface area contributed by atoms with Gasteiger partial charge in [0.15, 0.2) is 0 Å². The van der Waals surface area contributed by atoms with E-state index in [4.69, 9.17) is 0 Å². The Labute approximate surface area is 120 Å². The van der Waals surface area contributed by atoms with Gasteiger partial charge in [-0.3, -0.25) is 0 Å². The zero-order valence-corrected chi connectivity index (χ0v) is 11.9. The van der Waals surface area contributed by atoms with Gasteiger partial charge in [0.25, 0.3) is 0 Å². The molecule has 0 heterocycles. The third kappa shape index (κ3) is 3.14. The fourth-order valence-electron chi connectivity index (χ4n) is 1.47. The average molecular weight is 350 g/mol. The van der Waals surface area contributed by atoms with Crippen molar-refractivity contribution in [1.29, 1.82) is 0 Å². The van der Waals surface area contributed by atoms with Crippen LogP contribution in [0.2, 0.25) is 0 Å². The molecule has 3 nitrogen and oxygen atoms in total. The van der Waals surface area contributed by atoms with E-state index in [2.05, 4.69) is 51.4 Å². The van der Waals surface area contributed by atoms with Gasteiger partial charge in [0, 0.05) is 16.2 Å². The van der Waals surface area contributed by atoms with Gasteiger partial charge in [-0.25, -0.2) is 4.79 Å². The SMILES string of the molecule is CNC(=O)Nc1c#cc(-c2cccc(I)c2)cc1. The number of hydrogen-bond acceptors (Lipinski definition) is 1. The second-order valence-electron chi connectivity index (χ2n) is 3.63. The Morgan fingerprint density at radius 3 is 2.67 bits per heavy atom. The van der Waals surface area contributed by atoms with E-state index < -0.39 is 0 Å². The topological polar surface area (TPSA) is 41.1 Å². The van der Waals surface area contributed by atoms with Crippen LogP contribution in [-0.2, 0) is 0 Å². The molecule has 18 heavy (non-hydrogen) atoms. The maximum Gasteiger partial charge on any atom is 0.319 e. The van der Waals surface area contributed by atoms with Gasteiger partial charge in [0.1, 0.15) is 0 Å². The van der Waals surface area contributed by atoms with E-state index in [1.54, 1.807) is 13.1 Å². The molecule has 0 unspecified atom stereocenters. The van der Waals surface area contributed by atoms with Gasteiger partial charge in [0.05, 0.1) is 5.69 Å². The molecule has 2 aromatic rings. The van der Waals surface area contributed by atoms with E-state index in [-0.39, 0.29) is 6.03 Å². The second kappa shape index (κ2) is 5.74. The van der Waals surface area contributed by atoms with Crippen LogP contribution in [0.4, 0.5) is 10.5 Å². The summed E-state index contributed by atoms with van der Waals surface area (Å²) in [5.41, 5.74) is 2.64. The van der Waals surface area contributed by atoms with Crippen molar-refractivity contribution >= 4 is 34.3 Å². The van der Waals surface area contributed by atoms with E-state index in [1.807, 2.05) is 24.3 Å². The fraction of sp³-hybridized carbons (Fsp3) is 0.0714. The van der Waals surface area contributed by atoms with Gasteiger partial charge in [-0.2, -0.15) is 0 Å². The number of halogens is 1. The lowest BCUT2D eigenvalue weighted by atomic mass is 10.1. The minimum atomic E-state index is -0.262. The van der Waals surface area contributed by atoms with Gasteiger partial charge in [-0.1, -0.05) is 18.2 Å². The van der Waals surface area contributed by atoms with Crippen LogP contribution in [0.25, 0.3) is 11.1 Å². The van der Waals surface area contributed by atoms with E-state index >= 15 is 0 Å². The normalized spacial score (nSPS) is 9.44. The van der Waals surface area contributed by atoms with Crippen LogP contribution in [-0.4, -0.2) is 13.1 Å². The number of nitrogens with one attached hydrogen (secondary N) is 2.